The number of hydrogen-bond acceptors (Lipinski definition) is 4. The number of benzene rings is 3. The highest BCUT2D eigenvalue weighted by atomic mass is 28.4. The van der Waals surface area contributed by atoms with Crippen molar-refractivity contribution in [3.63, 3.8) is 0 Å². The summed E-state index contributed by atoms with van der Waals surface area (Å²) in [6.07, 6.45) is 0. The van der Waals surface area contributed by atoms with Crippen molar-refractivity contribution >= 4 is 30.4 Å². The summed E-state index contributed by atoms with van der Waals surface area (Å²) in [5, 5.41) is 1.97. The van der Waals surface area contributed by atoms with Crippen LogP contribution in [-0.2, 0) is 14.0 Å². The van der Waals surface area contributed by atoms with Crippen LogP contribution in [0.3, 0.4) is 0 Å². The molecule has 5 heteroatoms. The normalized spacial score (nSPS) is 11.7. The van der Waals surface area contributed by atoms with Gasteiger partial charge in [-0.1, -0.05) is 99.6 Å². The molecule has 0 amide bonds. The number of carbonyl (C=O) groups is 2. The van der Waals surface area contributed by atoms with Crippen molar-refractivity contribution in [3.05, 3.63) is 96.6 Å². The van der Waals surface area contributed by atoms with Gasteiger partial charge in [-0.05, 0) is 27.5 Å². The minimum atomic E-state index is -2.79. The minimum absolute atomic E-state index is 0.116. The standard InChI is InChI=1S/C26H28O4Si/c1-26(2,3)31(23-15-9-5-10-16-23,24-17-11-6-12-18-24)30-20-22(27)19-29-25(28)21-13-7-4-8-14-21/h4-18H,19-20H2,1-3H3. The predicted octanol–water partition coefficient (Wildman–Crippen LogP) is 3.99. The number of ketones is 1. The van der Waals surface area contributed by atoms with Crippen LogP contribution in [0.25, 0.3) is 0 Å². The maximum Gasteiger partial charge on any atom is 0.338 e. The van der Waals surface area contributed by atoms with Gasteiger partial charge in [0.1, 0.15) is 0 Å². The van der Waals surface area contributed by atoms with Gasteiger partial charge < -0.3 is 9.16 Å². The second-order valence-electron chi connectivity index (χ2n) is 8.43. The molecule has 0 aliphatic heterocycles. The van der Waals surface area contributed by atoms with Gasteiger partial charge in [-0.25, -0.2) is 4.79 Å². The Morgan fingerprint density at radius 2 is 1.16 bits per heavy atom. The van der Waals surface area contributed by atoms with Gasteiger partial charge in [-0.15, -0.1) is 0 Å². The highest BCUT2D eigenvalue weighted by Gasteiger charge is 2.50. The summed E-state index contributed by atoms with van der Waals surface area (Å²) < 4.78 is 11.8. The van der Waals surface area contributed by atoms with Gasteiger partial charge in [-0.3, -0.25) is 4.79 Å². The largest absolute Gasteiger partial charge is 0.454 e. The maximum absolute atomic E-state index is 12.6. The minimum Gasteiger partial charge on any atom is -0.454 e. The Hall–Kier alpha value is -3.02. The lowest BCUT2D eigenvalue weighted by Gasteiger charge is -2.42. The van der Waals surface area contributed by atoms with Crippen molar-refractivity contribution in [2.45, 2.75) is 25.8 Å². The first-order chi connectivity index (χ1) is 14.8. The number of esters is 1. The second-order valence-corrected chi connectivity index (χ2v) is 12.7. The molecule has 0 spiro atoms. The Morgan fingerprint density at radius 3 is 1.61 bits per heavy atom. The molecule has 0 unspecified atom stereocenters. The Kier molecular flexibility index (Phi) is 7.20. The second kappa shape index (κ2) is 9.86. The fourth-order valence-electron chi connectivity index (χ4n) is 3.80. The molecule has 0 saturated carbocycles. The highest BCUT2D eigenvalue weighted by Crippen LogP contribution is 2.36. The van der Waals surface area contributed by atoms with E-state index in [2.05, 4.69) is 45.0 Å². The van der Waals surface area contributed by atoms with Crippen LogP contribution in [0.2, 0.25) is 5.04 Å². The van der Waals surface area contributed by atoms with Gasteiger partial charge in [0.25, 0.3) is 8.32 Å². The average molecular weight is 433 g/mol. The molecule has 31 heavy (non-hydrogen) atoms. The van der Waals surface area contributed by atoms with Gasteiger partial charge >= 0.3 is 5.97 Å². The van der Waals surface area contributed by atoms with E-state index >= 15 is 0 Å². The van der Waals surface area contributed by atoms with Gasteiger partial charge in [0.2, 0.25) is 0 Å². The summed E-state index contributed by atoms with van der Waals surface area (Å²) in [6, 6.07) is 28.9. The van der Waals surface area contributed by atoms with E-state index in [1.807, 2.05) is 42.5 Å². The Balaban J connectivity index is 1.81. The quantitative estimate of drug-likeness (QED) is 0.399. The molecule has 0 atom stereocenters. The number of hydrogen-bond donors (Lipinski definition) is 0. The molecule has 3 aromatic carbocycles. The first-order valence-electron chi connectivity index (χ1n) is 10.3. The fraction of sp³-hybridized carbons (Fsp3) is 0.231. The molecule has 0 N–H and O–H groups in total. The summed E-state index contributed by atoms with van der Waals surface area (Å²) in [5.41, 5.74) is 0.420. The van der Waals surface area contributed by atoms with Gasteiger partial charge in [0, 0.05) is 0 Å². The van der Waals surface area contributed by atoms with Crippen LogP contribution < -0.4 is 10.4 Å². The van der Waals surface area contributed by atoms with Gasteiger partial charge in [-0.2, -0.15) is 0 Å². The Morgan fingerprint density at radius 1 is 0.710 bits per heavy atom. The lowest BCUT2D eigenvalue weighted by molar-refractivity contribution is -0.124. The zero-order valence-electron chi connectivity index (χ0n) is 18.2. The van der Waals surface area contributed by atoms with Crippen molar-refractivity contribution in [2.24, 2.45) is 0 Å². The first-order valence-corrected chi connectivity index (χ1v) is 12.2. The summed E-state index contributed by atoms with van der Waals surface area (Å²) in [5.74, 6) is -0.781. The molecule has 160 valence electrons. The molecule has 0 aromatic heterocycles. The van der Waals surface area contributed by atoms with Gasteiger partial charge in [0.15, 0.2) is 12.4 Å². The van der Waals surface area contributed by atoms with E-state index in [0.29, 0.717) is 5.56 Å². The molecule has 0 aliphatic rings. The molecule has 0 saturated heterocycles. The lowest BCUT2D eigenvalue weighted by Crippen LogP contribution is -2.67. The molecule has 0 aliphatic carbocycles. The smallest absolute Gasteiger partial charge is 0.338 e. The summed E-state index contributed by atoms with van der Waals surface area (Å²) in [4.78, 5) is 24.8. The maximum atomic E-state index is 12.6. The van der Waals surface area contributed by atoms with E-state index in [1.54, 1.807) is 24.3 Å². The molecule has 0 radical (unpaired) electrons. The van der Waals surface area contributed by atoms with E-state index in [9.17, 15) is 9.59 Å². The molecule has 0 bridgehead atoms. The van der Waals surface area contributed by atoms with E-state index in [4.69, 9.17) is 9.16 Å². The summed E-state index contributed by atoms with van der Waals surface area (Å²) in [6.45, 7) is 6.03. The molecule has 3 rings (SSSR count). The third-order valence-electron chi connectivity index (χ3n) is 5.24. The summed E-state index contributed by atoms with van der Waals surface area (Å²) >= 11 is 0. The van der Waals surface area contributed by atoms with Crippen LogP contribution in [0.15, 0.2) is 91.0 Å². The van der Waals surface area contributed by atoms with Crippen molar-refractivity contribution < 1.29 is 18.8 Å². The Bertz CT molecular complexity index is 956. The highest BCUT2D eigenvalue weighted by molar-refractivity contribution is 6.99. The molecular weight excluding hydrogens is 404 g/mol. The molecule has 4 nitrogen and oxygen atoms in total. The molecule has 0 heterocycles. The van der Waals surface area contributed by atoms with Gasteiger partial charge in [0.05, 0.1) is 12.2 Å². The summed E-state index contributed by atoms with van der Waals surface area (Å²) in [7, 11) is -2.79. The van der Waals surface area contributed by atoms with E-state index in [0.717, 1.165) is 10.4 Å². The number of carbonyl (C=O) groups excluding carboxylic acids is 2. The van der Waals surface area contributed by atoms with Crippen molar-refractivity contribution in [1.82, 2.24) is 0 Å². The number of Topliss-reactive ketones (excluding diaryl/α,β-unsaturated/α-hetero) is 1. The van der Waals surface area contributed by atoms with Crippen LogP contribution in [0.5, 0.6) is 0 Å². The van der Waals surface area contributed by atoms with Crippen molar-refractivity contribution in [3.8, 4) is 0 Å². The number of ether oxygens (including phenoxy) is 1. The van der Waals surface area contributed by atoms with E-state index in [1.165, 1.54) is 0 Å². The van der Waals surface area contributed by atoms with Crippen LogP contribution in [0, 0.1) is 0 Å². The zero-order valence-corrected chi connectivity index (χ0v) is 19.2. The fourth-order valence-corrected chi connectivity index (χ4v) is 8.33. The third-order valence-corrected chi connectivity index (χ3v) is 10.2. The van der Waals surface area contributed by atoms with Crippen LogP contribution in [0.4, 0.5) is 0 Å². The average Bonchev–Trinajstić information content (AvgIpc) is 2.79. The molecule has 3 aromatic rings. The monoisotopic (exact) mass is 432 g/mol. The van der Waals surface area contributed by atoms with Crippen LogP contribution in [0.1, 0.15) is 31.1 Å². The first kappa shape index (κ1) is 22.7. The topological polar surface area (TPSA) is 52.6 Å². The molecule has 0 fully saturated rings. The lowest BCUT2D eigenvalue weighted by atomic mass is 10.2. The van der Waals surface area contributed by atoms with E-state index in [-0.39, 0.29) is 24.0 Å². The van der Waals surface area contributed by atoms with Crippen LogP contribution >= 0.6 is 0 Å². The van der Waals surface area contributed by atoms with Crippen molar-refractivity contribution in [1.29, 1.82) is 0 Å². The SMILES string of the molecule is CC(C)(C)[Si](OCC(=O)COC(=O)c1ccccc1)(c1ccccc1)c1ccccc1. The number of rotatable bonds is 8. The predicted molar refractivity (Wildman–Crippen MR) is 125 cm³/mol. The third kappa shape index (κ3) is 5.18. The van der Waals surface area contributed by atoms with E-state index < -0.39 is 14.3 Å². The Labute approximate surface area is 185 Å². The molecular formula is C26H28O4Si. The zero-order chi connectivity index (χ0) is 22.3. The van der Waals surface area contributed by atoms with Crippen molar-refractivity contribution in [2.75, 3.05) is 13.2 Å². The van der Waals surface area contributed by atoms with Crippen LogP contribution in [-0.4, -0.2) is 33.3 Å².